The zero-order valence-corrected chi connectivity index (χ0v) is 81.3. The Morgan fingerprint density at radius 1 is 0.259 bits per heavy atom. The molecule has 10 heterocycles. The molecular formula is C56H104B8O61P10. The van der Waals surface area contributed by atoms with Crippen molar-refractivity contribution in [3.05, 3.63) is 0 Å². The molecule has 0 radical (unpaired) electrons. The van der Waals surface area contributed by atoms with Crippen LogP contribution in [0.1, 0.15) is 6.92 Å². The number of phosphoric ester groups is 10. The predicted octanol–water partition coefficient (Wildman–Crippen LogP) is -14.5. The van der Waals surface area contributed by atoms with Crippen LogP contribution in [0, 0.1) is 25.1 Å². The molecule has 0 aromatic heterocycles. The van der Waals surface area contributed by atoms with E-state index < -0.39 is 375 Å². The number of hydrogen-bond donors (Lipinski definition) is 19. The fraction of sp³-hybridized carbons (Fsp3) is 0.929. The molecule has 768 valence electrons. The Morgan fingerprint density at radius 3 is 0.570 bits per heavy atom. The fourth-order valence-electron chi connectivity index (χ4n) is 15.2. The number of aliphatic hydroxyl groups is 9. The number of ether oxygens (including phenoxy) is 12. The molecule has 61 nitrogen and oxygen atoms in total. The Bertz CT molecular complexity index is 4470. The van der Waals surface area contributed by atoms with Gasteiger partial charge in [0.15, 0.2) is 12.2 Å². The molecule has 10 fully saturated rings. The fourth-order valence-corrected chi connectivity index (χ4v) is 24.9. The van der Waals surface area contributed by atoms with Gasteiger partial charge in [0.1, 0.15) is 246 Å². The first-order valence-electron chi connectivity index (χ1n) is 40.9. The number of terminal acetylenes is 2. The maximum Gasteiger partial charge on any atom is 0.472 e. The molecule has 0 aromatic carbocycles. The lowest BCUT2D eigenvalue weighted by molar-refractivity contribution is -0.0468. The SMILES string of the molecule is B[C@@H]1O[C@H](COP(=O)(O)OC2[C@H](OC#C)CO[C@@H]2CO)C(OP(=O)(O)OC[C@H]2O[C@@H](B)[C@@H](O)C2OP(=O)(O)OC[C@H]2O[C@@H](B)[C@@H](O)C2OP(=O)(O)OC[C@H]2O[C@@H](B)[C@@H](O)C2OP(=O)(O)OC[C@H]2O[C@@H](B)[C@@H](O)C2OP(=O)(O)OC[C@H]2O[C@@H](B)[C@@H](O)C2OP(=O)(O)OC[C@H]2O[C@@H](B)[C@@H](O)C2OP(=O)(O)OC[C@H]2O[C@@H](B)[C@@H](O)C2OP(=O)(O)OC[C@H]2OC[C@@H](OC#C)C2OP(=O)(O)OCC)[C@@H]1O. The summed E-state index contributed by atoms with van der Waals surface area (Å²) in [6.07, 6.45) is -37.9. The molecule has 0 bridgehead atoms. The third-order valence-corrected chi connectivity index (χ3v) is 32.0. The van der Waals surface area contributed by atoms with E-state index in [0.717, 1.165) is 0 Å². The normalized spacial score (nSPS) is 43.3. The summed E-state index contributed by atoms with van der Waals surface area (Å²) in [5, 5.41) is 97.6. The van der Waals surface area contributed by atoms with E-state index in [4.69, 9.17) is 160 Å². The van der Waals surface area contributed by atoms with Crippen LogP contribution < -0.4 is 0 Å². The van der Waals surface area contributed by atoms with E-state index >= 15 is 0 Å². The van der Waals surface area contributed by atoms with Gasteiger partial charge in [-0.2, -0.15) is 0 Å². The van der Waals surface area contributed by atoms with Crippen LogP contribution in [0.5, 0.6) is 0 Å². The molecule has 0 aliphatic carbocycles. The molecule has 79 heteroatoms. The smallest absolute Gasteiger partial charge is 0.438 e. The second-order valence-corrected chi connectivity index (χ2v) is 46.0. The van der Waals surface area contributed by atoms with Crippen LogP contribution >= 0.6 is 78.2 Å². The first-order valence-corrected chi connectivity index (χ1v) is 55.9. The van der Waals surface area contributed by atoms with Crippen molar-refractivity contribution in [1.82, 2.24) is 0 Å². The summed E-state index contributed by atoms with van der Waals surface area (Å²) in [6, 6.07) is -10.2. The van der Waals surface area contributed by atoms with Gasteiger partial charge < -0.3 is 152 Å². The van der Waals surface area contributed by atoms with Gasteiger partial charge in [0.05, 0.1) is 134 Å². The van der Waals surface area contributed by atoms with Crippen LogP contribution in [0.3, 0.4) is 0 Å². The molecule has 0 aromatic rings. The van der Waals surface area contributed by atoms with Crippen molar-refractivity contribution in [3.8, 4) is 25.1 Å². The Morgan fingerprint density at radius 2 is 0.407 bits per heavy atom. The molecule has 135 heavy (non-hydrogen) atoms. The Labute approximate surface area is 774 Å². The van der Waals surface area contributed by atoms with E-state index in [1.54, 1.807) is 0 Å². The van der Waals surface area contributed by atoms with Crippen LogP contribution in [-0.4, -0.2) is 475 Å². The minimum Gasteiger partial charge on any atom is -0.438 e. The van der Waals surface area contributed by atoms with Gasteiger partial charge in [-0.15, -0.1) is 0 Å². The van der Waals surface area contributed by atoms with Crippen molar-refractivity contribution in [3.63, 3.8) is 0 Å². The van der Waals surface area contributed by atoms with E-state index in [1.165, 1.54) is 69.7 Å². The highest BCUT2D eigenvalue weighted by atomic mass is 31.2. The summed E-state index contributed by atoms with van der Waals surface area (Å²) < 4.78 is 302. The van der Waals surface area contributed by atoms with E-state index in [0.29, 0.717) is 0 Å². The molecule has 10 saturated heterocycles. The lowest BCUT2D eigenvalue weighted by Gasteiger charge is -2.28. The van der Waals surface area contributed by atoms with Crippen LogP contribution in [0.4, 0.5) is 0 Å². The molecule has 48 atom stereocenters. The van der Waals surface area contributed by atoms with Crippen molar-refractivity contribution in [2.75, 3.05) is 85.9 Å². The predicted molar refractivity (Wildman–Crippen MR) is 452 cm³/mol. The van der Waals surface area contributed by atoms with Gasteiger partial charge in [0.2, 0.25) is 0 Å². The van der Waals surface area contributed by atoms with E-state index in [9.17, 15) is 141 Å². The Hall–Kier alpha value is -0.421. The van der Waals surface area contributed by atoms with Crippen molar-refractivity contribution < 1.29 is 288 Å². The highest BCUT2D eigenvalue weighted by Gasteiger charge is 2.59. The van der Waals surface area contributed by atoms with Crippen LogP contribution in [0.25, 0.3) is 0 Å². The molecule has 0 amide bonds. The number of hydrogen-bond acceptors (Lipinski definition) is 51. The van der Waals surface area contributed by atoms with Gasteiger partial charge in [0.25, 0.3) is 0 Å². The largest absolute Gasteiger partial charge is 0.472 e. The second kappa shape index (κ2) is 48.3. The van der Waals surface area contributed by atoms with Crippen molar-refractivity contribution in [2.45, 2.75) is 238 Å². The Balaban J connectivity index is 0.665. The van der Waals surface area contributed by atoms with E-state index in [2.05, 4.69) is 0 Å². The summed E-state index contributed by atoms with van der Waals surface area (Å²) in [7, 11) is -44.0. The first-order chi connectivity index (χ1) is 62.6. The van der Waals surface area contributed by atoms with Crippen molar-refractivity contribution in [1.29, 1.82) is 0 Å². The lowest BCUT2D eigenvalue weighted by atomic mass is 9.93. The first kappa shape index (κ1) is 116. The van der Waals surface area contributed by atoms with Crippen LogP contribution in [0.2, 0.25) is 0 Å². The zero-order chi connectivity index (χ0) is 100. The summed E-state index contributed by atoms with van der Waals surface area (Å²) in [6.45, 7) is -9.94. The summed E-state index contributed by atoms with van der Waals surface area (Å²) in [5.41, 5.74) is 0. The van der Waals surface area contributed by atoms with Gasteiger partial charge >= 0.3 is 78.2 Å². The molecule has 0 saturated carbocycles. The zero-order valence-electron chi connectivity index (χ0n) is 72.4. The molecule has 20 unspecified atom stereocenters. The summed E-state index contributed by atoms with van der Waals surface area (Å²) in [5.74, 6) is 0. The number of aliphatic hydroxyl groups excluding tert-OH is 9. The molecule has 10 aliphatic rings. The number of phosphoric acid groups is 10. The minimum atomic E-state index is -5.58. The van der Waals surface area contributed by atoms with E-state index in [-0.39, 0.29) is 19.8 Å². The number of rotatable bonds is 52. The monoisotopic (exact) mass is 2150 g/mol. The average Bonchev–Trinajstić information content (AvgIpc) is 1.66. The quantitative estimate of drug-likeness (QED) is 0.0153. The lowest BCUT2D eigenvalue weighted by Crippen LogP contribution is -2.39. The van der Waals surface area contributed by atoms with Crippen molar-refractivity contribution in [2.24, 2.45) is 0 Å². The van der Waals surface area contributed by atoms with E-state index in [1.807, 2.05) is 12.2 Å². The summed E-state index contributed by atoms with van der Waals surface area (Å²) in [4.78, 5) is 108. The molecule has 10 aliphatic heterocycles. The highest BCUT2D eigenvalue weighted by molar-refractivity contribution is 7.49. The summed E-state index contributed by atoms with van der Waals surface area (Å²) >= 11 is 0. The topological polar surface area (TPSA) is 850 Å². The molecule has 19 N–H and O–H groups in total. The van der Waals surface area contributed by atoms with Gasteiger partial charge in [-0.3, -0.25) is 90.5 Å². The Kier molecular flexibility index (Phi) is 41.6. The molecule has 0 spiro atoms. The molecular weight excluding hydrogens is 2040 g/mol. The third-order valence-electron chi connectivity index (χ3n) is 22.1. The van der Waals surface area contributed by atoms with Gasteiger partial charge in [-0.25, -0.2) is 45.7 Å². The molecule has 10 rings (SSSR count). The van der Waals surface area contributed by atoms with Gasteiger partial charge in [-0.05, 0) is 6.92 Å². The van der Waals surface area contributed by atoms with Crippen molar-refractivity contribution >= 4 is 141 Å². The average molecular weight is 2150 g/mol. The maximum atomic E-state index is 13.7. The standard InChI is InChI=1S/C56H104B8O61P10/c1-4-94-20-8-96-19(7-65)39(20)116-127(76,77)100-11-23-42(32(67)50(58)108-23)119-129(80,81)102-13-25-44(34(69)52(60)110-25)121-131(84,85)104-15-27-46(36(71)54(62)112-27)123-133(88,89)106-17-29-48(38(73)56(64)114-29)125-135(92,93)107-18-30-47(37(72)55(63)115-30)124-134(90,91)105-16-28-45(35(70)53(61)113-28)122-132(86,87)103-14-26-43(33(68)51(59)111-26)120-130(82,83)101-12-24-41(31(66)49(57)109-24)118-128(78,79)99-10-22-40(21(9-97-22)95-5-2)117-126(74,75)98-6-3/h1-2,19-56,65-73H,6-18,57-64H2,3H3,(H,74,75)(H,76,77)(H,78,79)(H,80,81)(H,82,83)(H,84,85)(H,86,87)(H,88,89)(H,90,91)(H,92,93)/t19-,20-,21-,22-,23-,24-,25-,26-,27-,28-,29-,30-,31+,32+,33+,34+,35+,36+,37+,38+,39?,40?,41?,42?,43?,44?,45?,46?,47?,48?,49-,50-,51-,52-,53-,54-,55-,56-/m1/s1. The van der Waals surface area contributed by atoms with Crippen LogP contribution in [0.15, 0.2) is 0 Å². The maximum absolute atomic E-state index is 13.7. The van der Waals surface area contributed by atoms with Gasteiger partial charge in [-0.1, -0.05) is 12.8 Å². The minimum absolute atomic E-state index is 0.246. The third kappa shape index (κ3) is 31.8. The van der Waals surface area contributed by atoms with Crippen LogP contribution in [-0.2, 0) is 193 Å². The highest BCUT2D eigenvalue weighted by Crippen LogP contribution is 2.59. The van der Waals surface area contributed by atoms with Gasteiger partial charge in [0, 0.05) is 0 Å². The second-order valence-electron chi connectivity index (χ2n) is 31.9.